The van der Waals surface area contributed by atoms with Gasteiger partial charge in [0.1, 0.15) is 0 Å². The third-order valence-corrected chi connectivity index (χ3v) is 5.72. The number of halogens is 2. The van der Waals surface area contributed by atoms with Crippen LogP contribution in [0.15, 0.2) is 95.6 Å². The zero-order valence-electron chi connectivity index (χ0n) is 22.2. The van der Waals surface area contributed by atoms with Gasteiger partial charge in [-0.25, -0.2) is 9.59 Å². The van der Waals surface area contributed by atoms with E-state index in [-0.39, 0.29) is 18.4 Å². The number of carboxylic acids is 2. The number of nitrogens with zero attached hydrogens (tertiary/aromatic N) is 2. The Morgan fingerprint density at radius 1 is 0.923 bits per heavy atom. The monoisotopic (exact) mass is 621 g/mol. The summed E-state index contributed by atoms with van der Waals surface area (Å²) in [6.45, 7) is 2.84. The van der Waals surface area contributed by atoms with Gasteiger partial charge in [0.25, 0.3) is 0 Å². The normalized spacial score (nSPS) is 12.6. The summed E-state index contributed by atoms with van der Waals surface area (Å²) in [4.78, 5) is 25.8. The largest absolute Gasteiger partial charge is 0.478 e. The maximum Gasteiger partial charge on any atom is 0.328 e. The Labute approximate surface area is 244 Å². The Kier molecular flexibility index (Phi) is 18.3. The lowest BCUT2D eigenvalue weighted by atomic mass is 9.92. The van der Waals surface area contributed by atoms with Crippen LogP contribution in [0.1, 0.15) is 42.2 Å². The minimum absolute atomic E-state index is 0. The fourth-order valence-electron chi connectivity index (χ4n) is 3.25. The predicted octanol–water partition coefficient (Wildman–Crippen LogP) is 5.13. The molecule has 0 radical (unpaired) electrons. The van der Waals surface area contributed by atoms with Crippen LogP contribution in [-0.2, 0) is 9.59 Å². The highest BCUT2D eigenvalue weighted by molar-refractivity contribution is 9.10. The van der Waals surface area contributed by atoms with Crippen molar-refractivity contribution < 1.29 is 24.9 Å². The van der Waals surface area contributed by atoms with Crippen molar-refractivity contribution in [3.05, 3.63) is 112 Å². The number of nitrogens with two attached hydrogens (primary N) is 1. The molecule has 0 aliphatic carbocycles. The van der Waals surface area contributed by atoms with Crippen molar-refractivity contribution >= 4 is 40.3 Å². The molecule has 0 amide bonds. The summed E-state index contributed by atoms with van der Waals surface area (Å²) < 4.78 is 1.11. The fourth-order valence-corrected chi connectivity index (χ4v) is 3.51. The van der Waals surface area contributed by atoms with Crippen LogP contribution in [0.5, 0.6) is 0 Å². The van der Waals surface area contributed by atoms with Crippen molar-refractivity contribution in [3.8, 4) is 0 Å². The third kappa shape index (κ3) is 15.8. The average Bonchev–Trinajstić information content (AvgIpc) is 2.90. The summed E-state index contributed by atoms with van der Waals surface area (Å²) >= 11 is 3.49. The van der Waals surface area contributed by atoms with E-state index in [9.17, 15) is 14.7 Å². The number of benzene rings is 2. The number of aliphatic hydroxyl groups is 1. The molecular formula is C29H37BrClN3O5. The van der Waals surface area contributed by atoms with Gasteiger partial charge in [-0.3, -0.25) is 4.98 Å². The molecule has 3 rings (SSSR count). The van der Waals surface area contributed by atoms with Gasteiger partial charge in [-0.05, 0) is 69.4 Å². The zero-order chi connectivity index (χ0) is 28.5. The summed E-state index contributed by atoms with van der Waals surface area (Å²) in [5, 5.41) is 25.1. The maximum atomic E-state index is 9.55. The number of aromatic nitrogens is 1. The van der Waals surface area contributed by atoms with Gasteiger partial charge in [-0.15, -0.1) is 12.4 Å². The van der Waals surface area contributed by atoms with Gasteiger partial charge in [-0.1, -0.05) is 64.5 Å². The summed E-state index contributed by atoms with van der Waals surface area (Å²) in [7, 11) is 4.22. The molecule has 3 atom stereocenters. The molecule has 0 saturated heterocycles. The van der Waals surface area contributed by atoms with E-state index in [4.69, 9.17) is 15.9 Å². The topological polar surface area (TPSA) is 137 Å². The molecule has 10 heteroatoms. The first-order valence-electron chi connectivity index (χ1n) is 11.9. The summed E-state index contributed by atoms with van der Waals surface area (Å²) in [5.41, 5.74) is 8.86. The van der Waals surface area contributed by atoms with Crippen molar-refractivity contribution in [2.75, 3.05) is 20.6 Å². The Morgan fingerprint density at radius 3 is 1.90 bits per heavy atom. The third-order valence-electron chi connectivity index (χ3n) is 5.19. The predicted molar refractivity (Wildman–Crippen MR) is 160 cm³/mol. The van der Waals surface area contributed by atoms with Crippen LogP contribution in [0, 0.1) is 0 Å². The Morgan fingerprint density at radius 2 is 1.46 bits per heavy atom. The van der Waals surface area contributed by atoms with E-state index in [1.54, 1.807) is 6.92 Å². The van der Waals surface area contributed by atoms with E-state index >= 15 is 0 Å². The quantitative estimate of drug-likeness (QED) is 0.241. The first-order chi connectivity index (χ1) is 18.0. The lowest BCUT2D eigenvalue weighted by Crippen LogP contribution is -2.24. The molecule has 2 aromatic carbocycles. The zero-order valence-corrected chi connectivity index (χ0v) is 24.6. The number of hydrogen-bond acceptors (Lipinski definition) is 6. The Bertz CT molecular complexity index is 1100. The van der Waals surface area contributed by atoms with Crippen molar-refractivity contribution in [3.63, 3.8) is 0 Å². The molecule has 1 aromatic heterocycles. The number of carbonyl (C=O) groups is 2. The van der Waals surface area contributed by atoms with Crippen LogP contribution in [0.3, 0.4) is 0 Å². The van der Waals surface area contributed by atoms with E-state index in [0.29, 0.717) is 18.1 Å². The molecule has 3 aromatic rings. The van der Waals surface area contributed by atoms with Crippen molar-refractivity contribution in [2.45, 2.75) is 31.4 Å². The first-order valence-corrected chi connectivity index (χ1v) is 12.7. The minimum Gasteiger partial charge on any atom is -0.478 e. The molecule has 0 aliphatic rings. The molecular weight excluding hydrogens is 586 g/mol. The molecule has 212 valence electrons. The SMILES string of the molecule is CN(C)CCC(c1ccc(Br)cc1)c1ccccn1.C[C@@H](N)[C@@H](O)c1ccccc1.Cl.O=C(O)/C=C\C(=O)O. The van der Waals surface area contributed by atoms with E-state index in [2.05, 4.69) is 76.3 Å². The Hall–Kier alpha value is -3.08. The van der Waals surface area contributed by atoms with Gasteiger partial charge in [0.05, 0.1) is 6.10 Å². The van der Waals surface area contributed by atoms with Gasteiger partial charge in [0.15, 0.2) is 0 Å². The van der Waals surface area contributed by atoms with Crippen LogP contribution < -0.4 is 5.73 Å². The van der Waals surface area contributed by atoms with Crippen molar-refractivity contribution in [2.24, 2.45) is 5.73 Å². The lowest BCUT2D eigenvalue weighted by molar-refractivity contribution is -0.134. The van der Waals surface area contributed by atoms with Crippen molar-refractivity contribution in [1.29, 1.82) is 0 Å². The van der Waals surface area contributed by atoms with Gasteiger partial charge in [-0.2, -0.15) is 0 Å². The molecule has 1 heterocycles. The highest BCUT2D eigenvalue weighted by Gasteiger charge is 2.15. The van der Waals surface area contributed by atoms with Gasteiger partial charge in [0, 0.05) is 40.5 Å². The smallest absolute Gasteiger partial charge is 0.328 e. The van der Waals surface area contributed by atoms with E-state index in [1.807, 2.05) is 42.6 Å². The standard InChI is InChI=1S/C16H19BrN2.C9H13NO.C4H4O4.ClH/c1-19(2)12-10-15(16-5-3-4-11-18-16)13-6-8-14(17)9-7-13;1-7(10)9(11)8-5-3-2-4-6-8;5-3(6)1-2-4(7)8;/h3-9,11,15H,10,12H2,1-2H3;2-7,9,11H,10H2,1H3;1-2H,(H,5,6)(H,7,8);1H/b;;2-1-;/t;7-,9-;;/m.1../s1. The molecule has 0 saturated carbocycles. The molecule has 1 unspecified atom stereocenters. The summed E-state index contributed by atoms with van der Waals surface area (Å²) in [6, 6.07) is 23.9. The molecule has 39 heavy (non-hydrogen) atoms. The molecule has 0 fully saturated rings. The summed E-state index contributed by atoms with van der Waals surface area (Å²) in [5.74, 6) is -2.16. The number of carboxylic acid groups (broad SMARTS) is 2. The molecule has 0 bridgehead atoms. The van der Waals surface area contributed by atoms with Crippen LogP contribution in [0.4, 0.5) is 0 Å². The van der Waals surface area contributed by atoms with E-state index in [0.717, 1.165) is 28.7 Å². The lowest BCUT2D eigenvalue weighted by Gasteiger charge is -2.19. The molecule has 5 N–H and O–H groups in total. The Balaban J connectivity index is 0.000000615. The van der Waals surface area contributed by atoms with Crippen LogP contribution in [-0.4, -0.2) is 63.8 Å². The molecule has 0 spiro atoms. The van der Waals surface area contributed by atoms with Gasteiger partial charge >= 0.3 is 11.9 Å². The summed E-state index contributed by atoms with van der Waals surface area (Å²) in [6.07, 6.45) is 3.52. The maximum absolute atomic E-state index is 9.55. The van der Waals surface area contributed by atoms with Crippen LogP contribution in [0.2, 0.25) is 0 Å². The van der Waals surface area contributed by atoms with Crippen LogP contribution in [0.25, 0.3) is 0 Å². The minimum atomic E-state index is -1.26. The number of aliphatic carboxylic acids is 2. The van der Waals surface area contributed by atoms with E-state index in [1.165, 1.54) is 5.56 Å². The molecule has 8 nitrogen and oxygen atoms in total. The van der Waals surface area contributed by atoms with Crippen molar-refractivity contribution in [1.82, 2.24) is 9.88 Å². The number of pyridine rings is 1. The second kappa shape index (κ2) is 19.9. The molecule has 0 aliphatic heterocycles. The number of rotatable bonds is 9. The van der Waals surface area contributed by atoms with Gasteiger partial charge in [0.2, 0.25) is 0 Å². The van der Waals surface area contributed by atoms with E-state index < -0.39 is 18.0 Å². The number of aliphatic hydroxyl groups excluding tert-OH is 1. The fraction of sp³-hybridized carbons (Fsp3) is 0.276. The highest BCUT2D eigenvalue weighted by atomic mass is 79.9. The number of hydrogen-bond donors (Lipinski definition) is 4. The van der Waals surface area contributed by atoms with Gasteiger partial charge < -0.3 is 26.0 Å². The first kappa shape index (κ1) is 35.9. The average molecular weight is 623 g/mol. The highest BCUT2D eigenvalue weighted by Crippen LogP contribution is 2.27. The van der Waals surface area contributed by atoms with Crippen LogP contribution >= 0.6 is 28.3 Å². The second-order valence-electron chi connectivity index (χ2n) is 8.68. The second-order valence-corrected chi connectivity index (χ2v) is 9.59.